The van der Waals surface area contributed by atoms with Crippen LogP contribution in [0.2, 0.25) is 0 Å². The molecule has 1 saturated heterocycles. The van der Waals surface area contributed by atoms with Gasteiger partial charge in [0.2, 0.25) is 11.8 Å². The summed E-state index contributed by atoms with van der Waals surface area (Å²) in [5.74, 6) is 3.58. The smallest absolute Gasteiger partial charge is 0.228 e. The predicted octanol–water partition coefficient (Wildman–Crippen LogP) is 5.20. The minimum atomic E-state index is 0.385. The molecule has 3 aromatic rings. The molecule has 39 heavy (non-hydrogen) atoms. The van der Waals surface area contributed by atoms with E-state index in [-0.39, 0.29) is 0 Å². The van der Waals surface area contributed by atoms with Gasteiger partial charge in [0.1, 0.15) is 23.9 Å². The monoisotopic (exact) mass is 527 g/mol. The van der Waals surface area contributed by atoms with Gasteiger partial charge in [-0.25, -0.2) is 0 Å². The highest BCUT2D eigenvalue weighted by molar-refractivity contribution is 5.58. The number of likely N-dealkylation sites (tertiary alicyclic amines) is 1. The van der Waals surface area contributed by atoms with Crippen molar-refractivity contribution in [3.63, 3.8) is 0 Å². The van der Waals surface area contributed by atoms with Crippen molar-refractivity contribution in [2.24, 2.45) is 5.92 Å². The number of hydrogen-bond acceptors (Lipinski definition) is 9. The van der Waals surface area contributed by atoms with Crippen LogP contribution in [0.4, 0.5) is 11.8 Å². The van der Waals surface area contributed by atoms with E-state index < -0.39 is 0 Å². The van der Waals surface area contributed by atoms with Gasteiger partial charge in [-0.1, -0.05) is 48.5 Å². The zero-order valence-electron chi connectivity index (χ0n) is 22.6. The lowest BCUT2D eigenvalue weighted by molar-refractivity contribution is 0.180. The average molecular weight is 528 g/mol. The van der Waals surface area contributed by atoms with E-state index in [2.05, 4.69) is 48.3 Å². The zero-order valence-corrected chi connectivity index (χ0v) is 22.6. The fourth-order valence-electron chi connectivity index (χ4n) is 4.58. The molecule has 1 saturated carbocycles. The molecule has 3 N–H and O–H groups in total. The molecule has 1 aromatic carbocycles. The van der Waals surface area contributed by atoms with Crippen molar-refractivity contribution in [3.05, 3.63) is 78.0 Å². The van der Waals surface area contributed by atoms with Gasteiger partial charge in [-0.15, -0.1) is 5.73 Å². The molecule has 204 valence electrons. The largest absolute Gasteiger partial charge is 0.476 e. The Morgan fingerprint density at radius 2 is 1.97 bits per heavy atom. The summed E-state index contributed by atoms with van der Waals surface area (Å²) in [5, 5.41) is 14.0. The molecule has 5 rings (SSSR count). The molecule has 3 heterocycles. The first kappa shape index (κ1) is 26.5. The van der Waals surface area contributed by atoms with Gasteiger partial charge in [-0.3, -0.25) is 4.90 Å². The van der Waals surface area contributed by atoms with Crippen LogP contribution in [-0.2, 0) is 6.54 Å². The molecule has 1 aliphatic heterocycles. The molecule has 0 bridgehead atoms. The molecule has 9 nitrogen and oxygen atoms in total. The van der Waals surface area contributed by atoms with Crippen molar-refractivity contribution in [1.29, 1.82) is 0 Å². The van der Waals surface area contributed by atoms with Gasteiger partial charge in [-0.05, 0) is 50.8 Å². The number of piperidine rings is 1. The molecule has 1 aliphatic carbocycles. The first-order chi connectivity index (χ1) is 19.2. The second-order valence-corrected chi connectivity index (χ2v) is 9.90. The Balaban J connectivity index is 1.29. The van der Waals surface area contributed by atoms with Gasteiger partial charge in [0.25, 0.3) is 0 Å². The second kappa shape index (κ2) is 13.1. The van der Waals surface area contributed by atoms with Crippen LogP contribution in [0.3, 0.4) is 0 Å². The first-order valence-electron chi connectivity index (χ1n) is 13.8. The molecule has 2 aromatic heterocycles. The number of nitrogens with one attached hydrogen (secondary N) is 3. The van der Waals surface area contributed by atoms with Crippen LogP contribution >= 0.6 is 0 Å². The third-order valence-electron chi connectivity index (χ3n) is 6.91. The van der Waals surface area contributed by atoms with E-state index >= 15 is 0 Å². The van der Waals surface area contributed by atoms with E-state index in [4.69, 9.17) is 9.26 Å². The Morgan fingerprint density at radius 3 is 2.72 bits per heavy atom. The van der Waals surface area contributed by atoms with Gasteiger partial charge in [-0.2, -0.15) is 9.97 Å². The number of allylic oxidation sites excluding steroid dienone is 2. The summed E-state index contributed by atoms with van der Waals surface area (Å²) in [7, 11) is 1.87. The summed E-state index contributed by atoms with van der Waals surface area (Å²) in [6.07, 6.45) is 8.21. The van der Waals surface area contributed by atoms with E-state index in [1.165, 1.54) is 32.1 Å². The van der Waals surface area contributed by atoms with E-state index in [0.29, 0.717) is 42.5 Å². The van der Waals surface area contributed by atoms with E-state index in [9.17, 15) is 0 Å². The maximum Gasteiger partial charge on any atom is 0.228 e. The standard InChI is InChI=1S/C30H37N7O2/c1-3-22(23-12-13-23)18-27(31-2)33-28-20-29(38-17-16-37-14-8-5-9-15-37)35-30(34-28)32-21-25-19-26(36-39-25)24-10-6-4-7-11-24/h4,6-7,10-11,18-20,23,31H,1,5,8-9,12-17,21H2,2H3,(H2,32,33,34,35)/b27-18+. The Hall–Kier alpha value is -4.07. The Labute approximate surface area is 230 Å². The maximum absolute atomic E-state index is 6.09. The van der Waals surface area contributed by atoms with Gasteiger partial charge >= 0.3 is 0 Å². The summed E-state index contributed by atoms with van der Waals surface area (Å²) < 4.78 is 11.6. The molecule has 2 fully saturated rings. The average Bonchev–Trinajstić information content (AvgIpc) is 3.71. The molecule has 0 unspecified atom stereocenters. The Kier molecular flexibility index (Phi) is 8.94. The van der Waals surface area contributed by atoms with Crippen molar-refractivity contribution < 1.29 is 9.26 Å². The summed E-state index contributed by atoms with van der Waals surface area (Å²) in [5.41, 5.74) is 5.95. The normalized spacial score (nSPS) is 15.9. The third kappa shape index (κ3) is 7.72. The van der Waals surface area contributed by atoms with Crippen LogP contribution in [-0.4, -0.2) is 53.3 Å². The minimum absolute atomic E-state index is 0.385. The number of rotatable bonds is 13. The van der Waals surface area contributed by atoms with Crippen LogP contribution in [0.1, 0.15) is 37.9 Å². The fourth-order valence-corrected chi connectivity index (χ4v) is 4.58. The Bertz CT molecular complexity index is 1300. The number of nitrogens with zero attached hydrogens (tertiary/aromatic N) is 4. The highest BCUT2D eigenvalue weighted by Gasteiger charge is 2.25. The molecule has 0 amide bonds. The summed E-state index contributed by atoms with van der Waals surface area (Å²) >= 11 is 0. The Morgan fingerprint density at radius 1 is 1.15 bits per heavy atom. The van der Waals surface area contributed by atoms with Crippen LogP contribution in [0.5, 0.6) is 5.88 Å². The van der Waals surface area contributed by atoms with Crippen LogP contribution < -0.4 is 20.7 Å². The van der Waals surface area contributed by atoms with Crippen molar-refractivity contribution >= 4 is 11.8 Å². The molecule has 0 radical (unpaired) electrons. The molecule has 2 aliphatic rings. The van der Waals surface area contributed by atoms with E-state index in [1.807, 2.05) is 55.6 Å². The van der Waals surface area contributed by atoms with E-state index in [1.54, 1.807) is 0 Å². The van der Waals surface area contributed by atoms with Crippen molar-refractivity contribution in [1.82, 2.24) is 25.3 Å². The summed E-state index contributed by atoms with van der Waals surface area (Å²) in [4.78, 5) is 11.7. The van der Waals surface area contributed by atoms with Crippen molar-refractivity contribution in [2.75, 3.05) is 43.9 Å². The number of ether oxygens (including phenoxy) is 1. The minimum Gasteiger partial charge on any atom is -0.476 e. The third-order valence-corrected chi connectivity index (χ3v) is 6.91. The predicted molar refractivity (Wildman–Crippen MR) is 153 cm³/mol. The fraction of sp³-hybridized carbons (Fsp3) is 0.400. The van der Waals surface area contributed by atoms with Gasteiger partial charge in [0.05, 0.1) is 6.54 Å². The van der Waals surface area contributed by atoms with Gasteiger partial charge in [0, 0.05) is 36.9 Å². The van der Waals surface area contributed by atoms with E-state index in [0.717, 1.165) is 42.3 Å². The molecular weight excluding hydrogens is 490 g/mol. The van der Waals surface area contributed by atoms with Crippen LogP contribution in [0.25, 0.3) is 11.3 Å². The van der Waals surface area contributed by atoms with Crippen molar-refractivity contribution in [3.8, 4) is 17.1 Å². The van der Waals surface area contributed by atoms with Crippen molar-refractivity contribution in [2.45, 2.75) is 38.6 Å². The molecule has 9 heteroatoms. The highest BCUT2D eigenvalue weighted by atomic mass is 16.5. The zero-order chi connectivity index (χ0) is 26.9. The quantitative estimate of drug-likeness (QED) is 0.204. The lowest BCUT2D eigenvalue weighted by atomic mass is 10.1. The lowest BCUT2D eigenvalue weighted by Gasteiger charge is -2.26. The SMILES string of the molecule is C=C=C(/C=C(\NC)Nc1cc(OCCN2CCCCC2)nc(NCc2cc(-c3ccccc3)no2)n1)C1CC1. The molecule has 0 atom stereocenters. The topological polar surface area (TPSA) is 100 Å². The van der Waals surface area contributed by atoms with Gasteiger partial charge < -0.3 is 25.2 Å². The number of hydrogen-bond donors (Lipinski definition) is 3. The molecular formula is C30H37N7O2. The number of benzene rings is 1. The highest BCUT2D eigenvalue weighted by Crippen LogP contribution is 2.36. The summed E-state index contributed by atoms with van der Waals surface area (Å²) in [6, 6.07) is 13.7. The number of anilines is 2. The first-order valence-corrected chi connectivity index (χ1v) is 13.8. The van der Waals surface area contributed by atoms with Crippen LogP contribution in [0, 0.1) is 5.92 Å². The summed E-state index contributed by atoms with van der Waals surface area (Å²) in [6.45, 7) is 7.95. The molecule has 0 spiro atoms. The number of aromatic nitrogens is 3. The second-order valence-electron chi connectivity index (χ2n) is 9.90. The lowest BCUT2D eigenvalue weighted by Crippen LogP contribution is -2.33. The maximum atomic E-state index is 6.09. The van der Waals surface area contributed by atoms with Gasteiger partial charge in [0.15, 0.2) is 5.76 Å². The van der Waals surface area contributed by atoms with Crippen LogP contribution in [0.15, 0.2) is 76.8 Å².